The second kappa shape index (κ2) is 13.8. The molecule has 4 aliphatic rings. The number of benzene rings is 2. The molecule has 6 heterocycles. The lowest BCUT2D eigenvalue weighted by atomic mass is 9.72. The summed E-state index contributed by atoms with van der Waals surface area (Å²) < 4.78 is 37.9. The van der Waals surface area contributed by atoms with E-state index in [0.29, 0.717) is 74.6 Å². The summed E-state index contributed by atoms with van der Waals surface area (Å²) in [5, 5.41) is 3.68. The Hall–Kier alpha value is -4.36. The molecular weight excluding hydrogens is 725 g/mol. The number of alkyl halides is 2. The molecule has 4 aromatic rings. The minimum atomic E-state index is -3.01. The molecule has 2 aromatic carbocycles. The predicted molar refractivity (Wildman–Crippen MR) is 197 cm³/mol. The van der Waals surface area contributed by atoms with Crippen LogP contribution in [-0.2, 0) is 22.7 Å². The zero-order valence-electron chi connectivity index (χ0n) is 29.3. The minimum Gasteiger partial charge on any atom is -0.481 e. The van der Waals surface area contributed by atoms with Gasteiger partial charge in [-0.1, -0.05) is 59.6 Å². The number of carbonyl (C=O) groups is 2. The maximum Gasteiger partial charge on any atom is 0.387 e. The number of hydrogen-bond acceptors (Lipinski definition) is 8. The van der Waals surface area contributed by atoms with E-state index in [0.717, 1.165) is 51.4 Å². The number of nitrogens with zero attached hydrogens (tertiary/aromatic N) is 5. The third-order valence-electron chi connectivity index (χ3n) is 10.9. The van der Waals surface area contributed by atoms with Crippen LogP contribution in [0.3, 0.4) is 0 Å². The first-order valence-electron chi connectivity index (χ1n) is 17.5. The number of amides is 2. The number of hydrogen-bond donors (Lipinski definition) is 1. The number of methoxy groups -OCH3 is 1. The van der Waals surface area contributed by atoms with E-state index < -0.39 is 6.61 Å². The predicted octanol–water partition coefficient (Wildman–Crippen LogP) is 6.38. The van der Waals surface area contributed by atoms with Gasteiger partial charge in [-0.2, -0.15) is 8.78 Å². The monoisotopic (exact) mass is 762 g/mol. The van der Waals surface area contributed by atoms with Crippen molar-refractivity contribution < 1.29 is 27.8 Å². The van der Waals surface area contributed by atoms with Crippen LogP contribution >= 0.6 is 23.2 Å². The van der Waals surface area contributed by atoms with Crippen molar-refractivity contribution in [2.24, 2.45) is 10.8 Å². The highest BCUT2D eigenvalue weighted by Gasteiger charge is 2.52. The van der Waals surface area contributed by atoms with Gasteiger partial charge in [0.15, 0.2) is 0 Å². The third kappa shape index (κ3) is 6.82. The van der Waals surface area contributed by atoms with Gasteiger partial charge in [0.25, 0.3) is 0 Å². The summed E-state index contributed by atoms with van der Waals surface area (Å²) in [4.78, 5) is 39.0. The van der Waals surface area contributed by atoms with Crippen LogP contribution in [0.15, 0.2) is 60.8 Å². The van der Waals surface area contributed by atoms with Gasteiger partial charge in [0.2, 0.25) is 17.7 Å². The van der Waals surface area contributed by atoms with Gasteiger partial charge in [0.05, 0.1) is 28.5 Å². The highest BCUT2D eigenvalue weighted by molar-refractivity contribution is 6.39. The van der Waals surface area contributed by atoms with Gasteiger partial charge in [-0.05, 0) is 18.2 Å². The molecule has 4 aliphatic heterocycles. The molecule has 0 aliphatic carbocycles. The number of carbonyl (C=O) groups excluding carboxylic acids is 2. The molecule has 2 spiro atoms. The zero-order chi connectivity index (χ0) is 37.1. The van der Waals surface area contributed by atoms with E-state index in [2.05, 4.69) is 20.1 Å². The summed E-state index contributed by atoms with van der Waals surface area (Å²) >= 11 is 14.1. The molecule has 53 heavy (non-hydrogen) atoms. The molecule has 0 unspecified atom stereocenters. The van der Waals surface area contributed by atoms with Crippen LogP contribution < -0.4 is 14.8 Å². The summed E-state index contributed by atoms with van der Waals surface area (Å²) in [5.74, 6) is 0.741. The molecule has 4 saturated heterocycles. The summed E-state index contributed by atoms with van der Waals surface area (Å²) in [6.07, 6.45) is 2.18. The number of pyridine rings is 2. The Morgan fingerprint density at radius 2 is 1.58 bits per heavy atom. The van der Waals surface area contributed by atoms with Crippen LogP contribution in [0.25, 0.3) is 33.6 Å². The lowest BCUT2D eigenvalue weighted by Crippen LogP contribution is -2.72. The topological polar surface area (TPSA) is 100 Å². The van der Waals surface area contributed by atoms with Gasteiger partial charge < -0.3 is 19.7 Å². The molecule has 0 saturated carbocycles. The van der Waals surface area contributed by atoms with Crippen LogP contribution in [0.2, 0.25) is 10.0 Å². The van der Waals surface area contributed by atoms with Crippen molar-refractivity contribution in [3.63, 3.8) is 0 Å². The van der Waals surface area contributed by atoms with Crippen molar-refractivity contribution in [3.8, 4) is 45.3 Å². The van der Waals surface area contributed by atoms with E-state index >= 15 is 0 Å². The number of aromatic nitrogens is 2. The van der Waals surface area contributed by atoms with Crippen molar-refractivity contribution in [1.29, 1.82) is 0 Å². The van der Waals surface area contributed by atoms with E-state index in [1.807, 2.05) is 41.3 Å². The van der Waals surface area contributed by atoms with Crippen LogP contribution in [0, 0.1) is 10.8 Å². The van der Waals surface area contributed by atoms with Crippen molar-refractivity contribution in [1.82, 2.24) is 30.0 Å². The highest BCUT2D eigenvalue weighted by Crippen LogP contribution is 2.44. The quantitative estimate of drug-likeness (QED) is 0.199. The maximum absolute atomic E-state index is 13.6. The second-order valence-corrected chi connectivity index (χ2v) is 15.6. The summed E-state index contributed by atoms with van der Waals surface area (Å²) in [6, 6.07) is 16.4. The Bertz CT molecular complexity index is 2100. The molecule has 0 atom stereocenters. The molecule has 1 N–H and O–H groups in total. The number of halogens is 4. The lowest BCUT2D eigenvalue weighted by Gasteiger charge is -2.60. The average molecular weight is 764 g/mol. The van der Waals surface area contributed by atoms with Crippen molar-refractivity contribution >= 4 is 35.0 Å². The molecule has 276 valence electrons. The van der Waals surface area contributed by atoms with Crippen LogP contribution in [0.4, 0.5) is 8.78 Å². The Labute approximate surface area is 316 Å². The normalized spacial score (nSPS) is 18.8. The first kappa shape index (κ1) is 35.7. The molecule has 2 aromatic heterocycles. The fraction of sp³-hybridized carbons (Fsp3) is 0.385. The first-order chi connectivity index (χ1) is 25.4. The highest BCUT2D eigenvalue weighted by atomic mass is 35.5. The van der Waals surface area contributed by atoms with E-state index in [9.17, 15) is 18.4 Å². The van der Waals surface area contributed by atoms with Gasteiger partial charge in [0.1, 0.15) is 5.75 Å². The smallest absolute Gasteiger partial charge is 0.387 e. The summed E-state index contributed by atoms with van der Waals surface area (Å²) in [6.45, 7) is 5.08. The molecule has 8 rings (SSSR count). The fourth-order valence-corrected chi connectivity index (χ4v) is 9.06. The molecule has 0 bridgehead atoms. The van der Waals surface area contributed by atoms with Gasteiger partial charge in [0, 0.05) is 123 Å². The molecule has 4 fully saturated rings. The maximum atomic E-state index is 13.6. The average Bonchev–Trinajstić information content (AvgIpc) is 3.47. The number of nitrogens with one attached hydrogen (secondary N) is 1. The number of ether oxygens (including phenoxy) is 2. The number of likely N-dealkylation sites (tertiary alicyclic amines) is 3. The Morgan fingerprint density at radius 3 is 2.26 bits per heavy atom. The van der Waals surface area contributed by atoms with Gasteiger partial charge in [-0.3, -0.25) is 24.4 Å². The first-order valence-corrected chi connectivity index (χ1v) is 18.2. The Balaban J connectivity index is 1.02. The van der Waals surface area contributed by atoms with Crippen LogP contribution in [0.1, 0.15) is 24.5 Å². The fourth-order valence-electron chi connectivity index (χ4n) is 8.42. The second-order valence-electron chi connectivity index (χ2n) is 14.9. The van der Waals surface area contributed by atoms with Crippen molar-refractivity contribution in [3.05, 3.63) is 82.0 Å². The van der Waals surface area contributed by atoms with Gasteiger partial charge >= 0.3 is 6.61 Å². The standard InChI is InChI=1S/C39H38Cl2F2N6O4/c1-23(50)49-21-39(22-49)19-47(20-39)14-25-7-6-24(12-31(25)53-37(42)43)35-34(41)28(10-11-44-35)27-4-3-5-29(33(27)40)30-9-8-26(36(46-30)52-2)15-48-17-38(18-48)13-32(51)45-16-38/h3-12,37H,13-22H2,1-2H3,(H,45,51). The summed E-state index contributed by atoms with van der Waals surface area (Å²) in [5.41, 5.74) is 5.17. The van der Waals surface area contributed by atoms with Crippen LogP contribution in [0.5, 0.6) is 11.6 Å². The molecular formula is C39H38Cl2F2N6O4. The summed E-state index contributed by atoms with van der Waals surface area (Å²) in [7, 11) is 1.59. The minimum absolute atomic E-state index is 0.0286. The Morgan fingerprint density at radius 1 is 0.906 bits per heavy atom. The number of rotatable bonds is 10. The largest absolute Gasteiger partial charge is 0.481 e. The zero-order valence-corrected chi connectivity index (χ0v) is 30.8. The SMILES string of the molecule is COc1nc(-c2cccc(-c3ccnc(-c4ccc(CN5CC6(C5)CN(C(C)=O)C6)c(OC(F)F)c4)c3Cl)c2Cl)ccc1CN1CC2(CNC(=O)C2)C1. The lowest BCUT2D eigenvalue weighted by molar-refractivity contribution is -0.157. The van der Waals surface area contributed by atoms with Gasteiger partial charge in [-0.25, -0.2) is 4.98 Å². The van der Waals surface area contributed by atoms with Gasteiger partial charge in [-0.15, -0.1) is 0 Å². The molecule has 10 nitrogen and oxygen atoms in total. The molecule has 2 amide bonds. The third-order valence-corrected chi connectivity index (χ3v) is 11.7. The van der Waals surface area contributed by atoms with E-state index in [1.54, 1.807) is 38.4 Å². The Kier molecular flexibility index (Phi) is 9.29. The van der Waals surface area contributed by atoms with E-state index in [1.165, 1.54) is 0 Å². The molecule has 0 radical (unpaired) electrons. The molecule has 14 heteroatoms. The van der Waals surface area contributed by atoms with Crippen molar-refractivity contribution in [2.75, 3.05) is 52.9 Å². The van der Waals surface area contributed by atoms with Crippen LogP contribution in [-0.4, -0.2) is 96.0 Å². The van der Waals surface area contributed by atoms with E-state index in [4.69, 9.17) is 37.7 Å². The van der Waals surface area contributed by atoms with Crippen molar-refractivity contribution in [2.45, 2.75) is 33.0 Å². The van der Waals surface area contributed by atoms with E-state index in [-0.39, 0.29) is 28.4 Å².